The van der Waals surface area contributed by atoms with Gasteiger partial charge in [-0.1, -0.05) is 12.2 Å². The van der Waals surface area contributed by atoms with Gasteiger partial charge in [-0.15, -0.1) is 0 Å². The predicted molar refractivity (Wildman–Crippen MR) is 53.6 cm³/mol. The Morgan fingerprint density at radius 2 is 2.23 bits per heavy atom. The average molecular weight is 201 g/mol. The zero-order valence-corrected chi connectivity index (χ0v) is 8.44. The van der Waals surface area contributed by atoms with Crippen molar-refractivity contribution < 1.29 is 9.47 Å². The molecular formula is C9H15NO2S. The van der Waals surface area contributed by atoms with Gasteiger partial charge in [0.15, 0.2) is 0 Å². The molecule has 3 nitrogen and oxygen atoms in total. The molecule has 0 bridgehead atoms. The van der Waals surface area contributed by atoms with Crippen molar-refractivity contribution in [1.82, 2.24) is 0 Å². The van der Waals surface area contributed by atoms with Gasteiger partial charge < -0.3 is 15.2 Å². The molecule has 2 aliphatic rings. The highest BCUT2D eigenvalue weighted by molar-refractivity contribution is 7.80. The second-order valence-electron chi connectivity index (χ2n) is 4.11. The first-order valence-corrected chi connectivity index (χ1v) is 5.09. The zero-order chi connectivity index (χ0) is 9.31. The molecule has 0 spiro atoms. The van der Waals surface area contributed by atoms with E-state index < -0.39 is 0 Å². The lowest BCUT2D eigenvalue weighted by Crippen LogP contribution is -2.37. The van der Waals surface area contributed by atoms with Gasteiger partial charge in [0.1, 0.15) is 6.10 Å². The molecule has 0 aromatic rings. The minimum absolute atomic E-state index is 0.293. The minimum atomic E-state index is 0.293. The summed E-state index contributed by atoms with van der Waals surface area (Å²) in [7, 11) is 0. The SMILES string of the molecule is NC(=S)CC1(COC2COC2)CC1. The lowest BCUT2D eigenvalue weighted by atomic mass is 10.0. The summed E-state index contributed by atoms with van der Waals surface area (Å²) in [6.07, 6.45) is 3.58. The van der Waals surface area contributed by atoms with E-state index >= 15 is 0 Å². The first kappa shape index (κ1) is 9.37. The highest BCUT2D eigenvalue weighted by Crippen LogP contribution is 2.49. The van der Waals surface area contributed by atoms with E-state index in [1.807, 2.05) is 0 Å². The van der Waals surface area contributed by atoms with Crippen molar-refractivity contribution >= 4 is 17.2 Å². The number of hydrogen-bond acceptors (Lipinski definition) is 3. The van der Waals surface area contributed by atoms with Gasteiger partial charge in [-0.2, -0.15) is 0 Å². The van der Waals surface area contributed by atoms with Crippen LogP contribution in [-0.2, 0) is 9.47 Å². The third-order valence-corrected chi connectivity index (χ3v) is 2.88. The molecule has 0 atom stereocenters. The Bertz CT molecular complexity index is 212. The molecule has 1 heterocycles. The molecule has 2 N–H and O–H groups in total. The van der Waals surface area contributed by atoms with Gasteiger partial charge in [0.25, 0.3) is 0 Å². The van der Waals surface area contributed by atoms with Crippen LogP contribution >= 0.6 is 12.2 Å². The summed E-state index contributed by atoms with van der Waals surface area (Å²) in [5.74, 6) is 0. The Hall–Kier alpha value is -0.190. The van der Waals surface area contributed by atoms with Crippen LogP contribution < -0.4 is 5.73 Å². The molecule has 0 aromatic carbocycles. The van der Waals surface area contributed by atoms with Crippen molar-refractivity contribution in [2.45, 2.75) is 25.4 Å². The van der Waals surface area contributed by atoms with E-state index in [-0.39, 0.29) is 0 Å². The Morgan fingerprint density at radius 3 is 2.62 bits per heavy atom. The molecule has 0 radical (unpaired) electrons. The second kappa shape index (κ2) is 3.52. The first-order valence-electron chi connectivity index (χ1n) is 4.68. The van der Waals surface area contributed by atoms with Gasteiger partial charge in [0.2, 0.25) is 0 Å². The fourth-order valence-corrected chi connectivity index (χ4v) is 1.83. The van der Waals surface area contributed by atoms with Crippen LogP contribution in [0.1, 0.15) is 19.3 Å². The van der Waals surface area contributed by atoms with Crippen LogP contribution in [0.4, 0.5) is 0 Å². The third-order valence-electron chi connectivity index (χ3n) is 2.74. The molecular weight excluding hydrogens is 186 g/mol. The van der Waals surface area contributed by atoms with Crippen LogP contribution in [0.3, 0.4) is 0 Å². The quantitative estimate of drug-likeness (QED) is 0.670. The second-order valence-corrected chi connectivity index (χ2v) is 4.64. The number of hydrogen-bond donors (Lipinski definition) is 1. The molecule has 2 rings (SSSR count). The smallest absolute Gasteiger partial charge is 0.104 e. The highest BCUT2D eigenvalue weighted by Gasteiger charge is 2.44. The Kier molecular flexibility index (Phi) is 2.53. The lowest BCUT2D eigenvalue weighted by molar-refractivity contribution is -0.137. The van der Waals surface area contributed by atoms with E-state index in [4.69, 9.17) is 27.4 Å². The molecule has 0 aromatic heterocycles. The van der Waals surface area contributed by atoms with E-state index in [1.54, 1.807) is 0 Å². The van der Waals surface area contributed by atoms with E-state index in [9.17, 15) is 0 Å². The molecule has 1 aliphatic carbocycles. The summed E-state index contributed by atoms with van der Waals surface area (Å²) in [5, 5.41) is 0. The van der Waals surface area contributed by atoms with E-state index in [0.717, 1.165) is 26.2 Å². The molecule has 4 heteroatoms. The van der Waals surface area contributed by atoms with Crippen molar-refractivity contribution in [2.24, 2.45) is 11.1 Å². The summed E-state index contributed by atoms with van der Waals surface area (Å²) in [6, 6.07) is 0. The molecule has 2 fully saturated rings. The van der Waals surface area contributed by atoms with Gasteiger partial charge in [0, 0.05) is 11.8 Å². The molecule has 74 valence electrons. The number of rotatable bonds is 5. The number of ether oxygens (including phenoxy) is 2. The number of nitrogens with two attached hydrogens (primary N) is 1. The normalized spacial score (nSPS) is 25.2. The topological polar surface area (TPSA) is 44.5 Å². The van der Waals surface area contributed by atoms with Gasteiger partial charge in [-0.25, -0.2) is 0 Å². The van der Waals surface area contributed by atoms with Crippen molar-refractivity contribution in [3.8, 4) is 0 Å². The molecule has 13 heavy (non-hydrogen) atoms. The monoisotopic (exact) mass is 201 g/mol. The van der Waals surface area contributed by atoms with Gasteiger partial charge in [-0.3, -0.25) is 0 Å². The summed E-state index contributed by atoms with van der Waals surface area (Å²) in [6.45, 7) is 2.31. The van der Waals surface area contributed by atoms with E-state index in [2.05, 4.69) is 0 Å². The average Bonchev–Trinajstić information content (AvgIpc) is 2.64. The molecule has 1 saturated carbocycles. The maximum absolute atomic E-state index is 5.67. The summed E-state index contributed by atoms with van der Waals surface area (Å²) >= 11 is 4.90. The number of thiocarbonyl (C=S) groups is 1. The van der Waals surface area contributed by atoms with E-state index in [1.165, 1.54) is 12.8 Å². The first-order chi connectivity index (χ1) is 6.20. The van der Waals surface area contributed by atoms with Crippen molar-refractivity contribution in [3.05, 3.63) is 0 Å². The van der Waals surface area contributed by atoms with Gasteiger partial charge in [-0.05, 0) is 12.8 Å². The van der Waals surface area contributed by atoms with Crippen molar-refractivity contribution in [3.63, 3.8) is 0 Å². The van der Waals surface area contributed by atoms with E-state index in [0.29, 0.717) is 16.5 Å². The standard InChI is InChI=1S/C9H15NO2S/c10-8(13)3-9(1-2-9)6-12-7-4-11-5-7/h7H,1-6H2,(H2,10,13). The summed E-state index contributed by atoms with van der Waals surface area (Å²) in [4.78, 5) is 0.617. The zero-order valence-electron chi connectivity index (χ0n) is 7.62. The predicted octanol–water partition coefficient (Wildman–Crippen LogP) is 0.858. The Labute approximate surface area is 83.6 Å². The van der Waals surface area contributed by atoms with Crippen LogP contribution in [0.2, 0.25) is 0 Å². The van der Waals surface area contributed by atoms with Crippen LogP contribution in [0.15, 0.2) is 0 Å². The van der Waals surface area contributed by atoms with Crippen molar-refractivity contribution in [1.29, 1.82) is 0 Å². The molecule has 1 saturated heterocycles. The van der Waals surface area contributed by atoms with Gasteiger partial charge >= 0.3 is 0 Å². The summed E-state index contributed by atoms with van der Waals surface area (Å²) in [5.41, 5.74) is 5.82. The maximum atomic E-state index is 5.67. The van der Waals surface area contributed by atoms with Crippen molar-refractivity contribution in [2.75, 3.05) is 19.8 Å². The molecule has 0 amide bonds. The van der Waals surface area contributed by atoms with Crippen LogP contribution in [0, 0.1) is 5.41 Å². The van der Waals surface area contributed by atoms with Crippen LogP contribution in [0.25, 0.3) is 0 Å². The highest BCUT2D eigenvalue weighted by atomic mass is 32.1. The molecule has 0 unspecified atom stereocenters. The third kappa shape index (κ3) is 2.39. The Balaban J connectivity index is 1.70. The largest absolute Gasteiger partial charge is 0.393 e. The summed E-state index contributed by atoms with van der Waals surface area (Å²) < 4.78 is 10.7. The minimum Gasteiger partial charge on any atom is -0.393 e. The van der Waals surface area contributed by atoms with Gasteiger partial charge in [0.05, 0.1) is 24.8 Å². The lowest BCUT2D eigenvalue weighted by Gasteiger charge is -2.28. The molecule has 1 aliphatic heterocycles. The fourth-order valence-electron chi connectivity index (χ4n) is 1.52. The fraction of sp³-hybridized carbons (Fsp3) is 0.889. The van der Waals surface area contributed by atoms with Crippen LogP contribution in [0.5, 0.6) is 0 Å². The maximum Gasteiger partial charge on any atom is 0.104 e. The van der Waals surface area contributed by atoms with Crippen LogP contribution in [-0.4, -0.2) is 30.9 Å². The Morgan fingerprint density at radius 1 is 1.54 bits per heavy atom.